The molecule has 0 aromatic heterocycles. The van der Waals surface area contributed by atoms with Crippen LogP contribution >= 0.6 is 0 Å². The lowest BCUT2D eigenvalue weighted by molar-refractivity contribution is 0.730. The fraction of sp³-hybridized carbons (Fsp3) is 0.462. The highest BCUT2D eigenvalue weighted by molar-refractivity contribution is 5.05. The van der Waals surface area contributed by atoms with Gasteiger partial charge in [0.2, 0.25) is 0 Å². The van der Waals surface area contributed by atoms with Crippen molar-refractivity contribution in [3.05, 3.63) is 42.9 Å². The van der Waals surface area contributed by atoms with Crippen LogP contribution in [-0.4, -0.2) is 0 Å². The summed E-state index contributed by atoms with van der Waals surface area (Å²) in [4.78, 5) is 0. The third-order valence-electron chi connectivity index (χ3n) is 2.15. The minimum absolute atomic E-state index is 1.07. The molecule has 1 aliphatic rings. The Kier molecular flexibility index (Phi) is 6.22. The lowest BCUT2D eigenvalue weighted by Crippen LogP contribution is -1.77. The SMILES string of the molecule is [CH]1CC=CCC=CC=CCCCC1. The molecule has 0 aromatic carbocycles. The van der Waals surface area contributed by atoms with E-state index in [0.717, 1.165) is 12.8 Å². The Morgan fingerprint density at radius 1 is 0.615 bits per heavy atom. The first kappa shape index (κ1) is 10.3. The van der Waals surface area contributed by atoms with Gasteiger partial charge in [0.1, 0.15) is 0 Å². The van der Waals surface area contributed by atoms with Gasteiger partial charge in [-0.05, 0) is 38.5 Å². The summed E-state index contributed by atoms with van der Waals surface area (Å²) in [6.45, 7) is 0. The highest BCUT2D eigenvalue weighted by Crippen LogP contribution is 2.06. The second kappa shape index (κ2) is 7.85. The van der Waals surface area contributed by atoms with Crippen molar-refractivity contribution >= 4 is 0 Å². The molecule has 0 unspecified atom stereocenters. The van der Waals surface area contributed by atoms with Gasteiger partial charge in [-0.2, -0.15) is 0 Å². The summed E-state index contributed by atoms with van der Waals surface area (Å²) in [6.07, 6.45) is 23.0. The van der Waals surface area contributed by atoms with Crippen LogP contribution in [0.5, 0.6) is 0 Å². The van der Waals surface area contributed by atoms with Crippen molar-refractivity contribution in [3.63, 3.8) is 0 Å². The first-order valence-corrected chi connectivity index (χ1v) is 5.28. The Balaban J connectivity index is 2.29. The molecular formula is C13H19. The Bertz CT molecular complexity index is 184. The van der Waals surface area contributed by atoms with E-state index in [4.69, 9.17) is 0 Å². The summed E-state index contributed by atoms with van der Waals surface area (Å²) >= 11 is 0. The van der Waals surface area contributed by atoms with Gasteiger partial charge in [-0.15, -0.1) is 0 Å². The monoisotopic (exact) mass is 175 g/mol. The molecule has 0 N–H and O–H groups in total. The van der Waals surface area contributed by atoms with E-state index in [1.807, 2.05) is 0 Å². The molecule has 0 bridgehead atoms. The van der Waals surface area contributed by atoms with Crippen LogP contribution in [-0.2, 0) is 0 Å². The van der Waals surface area contributed by atoms with Gasteiger partial charge >= 0.3 is 0 Å². The van der Waals surface area contributed by atoms with Crippen molar-refractivity contribution in [2.24, 2.45) is 0 Å². The zero-order valence-corrected chi connectivity index (χ0v) is 8.28. The van der Waals surface area contributed by atoms with E-state index in [1.54, 1.807) is 0 Å². The predicted molar refractivity (Wildman–Crippen MR) is 59.4 cm³/mol. The maximum Gasteiger partial charge on any atom is -0.0166 e. The van der Waals surface area contributed by atoms with Gasteiger partial charge in [0.15, 0.2) is 0 Å². The molecule has 0 atom stereocenters. The molecule has 1 radical (unpaired) electrons. The van der Waals surface area contributed by atoms with Crippen molar-refractivity contribution in [1.82, 2.24) is 0 Å². The third kappa shape index (κ3) is 6.39. The van der Waals surface area contributed by atoms with E-state index in [1.165, 1.54) is 25.7 Å². The van der Waals surface area contributed by atoms with Gasteiger partial charge < -0.3 is 0 Å². The molecule has 0 fully saturated rings. The molecule has 0 saturated carbocycles. The van der Waals surface area contributed by atoms with Gasteiger partial charge in [0.05, 0.1) is 0 Å². The summed E-state index contributed by atoms with van der Waals surface area (Å²) in [7, 11) is 0. The van der Waals surface area contributed by atoms with Crippen LogP contribution in [0.25, 0.3) is 0 Å². The summed E-state index contributed by atoms with van der Waals surface area (Å²) in [5.74, 6) is 0. The molecule has 0 heteroatoms. The zero-order valence-electron chi connectivity index (χ0n) is 8.28. The van der Waals surface area contributed by atoms with Crippen molar-refractivity contribution in [2.45, 2.75) is 38.5 Å². The van der Waals surface area contributed by atoms with E-state index in [-0.39, 0.29) is 0 Å². The number of hydrogen-bond donors (Lipinski definition) is 0. The fourth-order valence-corrected chi connectivity index (χ4v) is 1.37. The van der Waals surface area contributed by atoms with Crippen molar-refractivity contribution in [2.75, 3.05) is 0 Å². The summed E-state index contributed by atoms with van der Waals surface area (Å²) in [5, 5.41) is 0. The smallest absolute Gasteiger partial charge is 0.0166 e. The molecule has 0 spiro atoms. The van der Waals surface area contributed by atoms with Crippen LogP contribution in [0, 0.1) is 6.42 Å². The van der Waals surface area contributed by atoms with E-state index < -0.39 is 0 Å². The molecule has 1 rings (SSSR count). The number of rotatable bonds is 0. The molecule has 1 aliphatic carbocycles. The standard InChI is InChI=1S/C13H19/c1-2-4-6-8-10-12-13-11-9-7-5-3-1/h1-4,7,9,13H,5-6,8,10-12H2. The average Bonchev–Trinajstić information content (AvgIpc) is 2.18. The van der Waals surface area contributed by atoms with E-state index in [9.17, 15) is 0 Å². The molecule has 0 amide bonds. The molecular weight excluding hydrogens is 156 g/mol. The Morgan fingerprint density at radius 3 is 2.38 bits per heavy atom. The molecule has 0 aliphatic heterocycles. The van der Waals surface area contributed by atoms with E-state index in [2.05, 4.69) is 42.9 Å². The van der Waals surface area contributed by atoms with Gasteiger partial charge in [0.25, 0.3) is 0 Å². The van der Waals surface area contributed by atoms with Gasteiger partial charge in [-0.25, -0.2) is 0 Å². The third-order valence-corrected chi connectivity index (χ3v) is 2.15. The highest BCUT2D eigenvalue weighted by Gasteiger charge is 1.87. The maximum absolute atomic E-state index is 2.38. The number of hydrogen-bond acceptors (Lipinski definition) is 0. The maximum atomic E-state index is 2.38. The Morgan fingerprint density at radius 2 is 1.38 bits per heavy atom. The first-order valence-electron chi connectivity index (χ1n) is 5.28. The second-order valence-corrected chi connectivity index (χ2v) is 3.37. The molecule has 71 valence electrons. The topological polar surface area (TPSA) is 0 Å². The highest BCUT2D eigenvalue weighted by atomic mass is 13.9. The Labute approximate surface area is 82.0 Å². The van der Waals surface area contributed by atoms with Gasteiger partial charge in [0, 0.05) is 0 Å². The van der Waals surface area contributed by atoms with Crippen LogP contribution in [0.4, 0.5) is 0 Å². The zero-order chi connectivity index (χ0) is 9.19. The Hall–Kier alpha value is -0.780. The van der Waals surface area contributed by atoms with Crippen LogP contribution in [0.2, 0.25) is 0 Å². The first-order chi connectivity index (χ1) is 6.50. The quantitative estimate of drug-likeness (QED) is 0.484. The van der Waals surface area contributed by atoms with Gasteiger partial charge in [-0.3, -0.25) is 0 Å². The molecule has 0 aromatic rings. The average molecular weight is 175 g/mol. The molecule has 0 saturated heterocycles. The lowest BCUT2D eigenvalue weighted by Gasteiger charge is -1.95. The molecule has 0 heterocycles. The largest absolute Gasteiger partial charge is 0.0879 e. The minimum atomic E-state index is 1.07. The van der Waals surface area contributed by atoms with Crippen LogP contribution < -0.4 is 0 Å². The summed E-state index contributed by atoms with van der Waals surface area (Å²) < 4.78 is 0. The predicted octanol–water partition coefficient (Wildman–Crippen LogP) is 4.21. The number of allylic oxidation sites excluding steroid dienone is 6. The van der Waals surface area contributed by atoms with Crippen LogP contribution in [0.3, 0.4) is 0 Å². The van der Waals surface area contributed by atoms with Crippen molar-refractivity contribution in [3.8, 4) is 0 Å². The lowest BCUT2D eigenvalue weighted by atomic mass is 10.1. The normalized spacial score (nSPS) is 20.3. The molecule has 0 nitrogen and oxygen atoms in total. The minimum Gasteiger partial charge on any atom is -0.0879 e. The second-order valence-electron chi connectivity index (χ2n) is 3.37. The molecule has 13 heavy (non-hydrogen) atoms. The van der Waals surface area contributed by atoms with Crippen molar-refractivity contribution in [1.29, 1.82) is 0 Å². The van der Waals surface area contributed by atoms with Crippen LogP contribution in [0.15, 0.2) is 36.5 Å². The fourth-order valence-electron chi connectivity index (χ4n) is 1.37. The summed E-state index contributed by atoms with van der Waals surface area (Å²) in [6, 6.07) is 0. The van der Waals surface area contributed by atoms with E-state index >= 15 is 0 Å². The van der Waals surface area contributed by atoms with Crippen LogP contribution in [0.1, 0.15) is 38.5 Å². The van der Waals surface area contributed by atoms with Crippen molar-refractivity contribution < 1.29 is 0 Å². The van der Waals surface area contributed by atoms with E-state index in [0.29, 0.717) is 0 Å². The summed E-state index contributed by atoms with van der Waals surface area (Å²) in [5.41, 5.74) is 0. The van der Waals surface area contributed by atoms with Gasteiger partial charge in [-0.1, -0.05) is 42.9 Å².